The van der Waals surface area contributed by atoms with E-state index in [0.717, 1.165) is 4.90 Å². The third-order valence-electron chi connectivity index (χ3n) is 2.29. The van der Waals surface area contributed by atoms with Gasteiger partial charge in [0.05, 0.1) is 15.1 Å². The molecule has 2 rings (SSSR count). The number of oxime groups is 1. The van der Waals surface area contributed by atoms with E-state index < -0.39 is 0 Å². The largest absolute Gasteiger partial charge is 0.411 e. The summed E-state index contributed by atoms with van der Waals surface area (Å²) in [6, 6.07) is 9.18. The van der Waals surface area contributed by atoms with Crippen LogP contribution in [0, 0.1) is 0 Å². The van der Waals surface area contributed by atoms with Crippen molar-refractivity contribution < 1.29 is 5.21 Å². The second kappa shape index (κ2) is 6.86. The van der Waals surface area contributed by atoms with E-state index in [1.54, 1.807) is 6.07 Å². The van der Waals surface area contributed by atoms with E-state index in [4.69, 9.17) is 40.0 Å². The van der Waals surface area contributed by atoms with E-state index in [1.807, 2.05) is 24.3 Å². The maximum absolute atomic E-state index is 9.11. The van der Waals surface area contributed by atoms with Crippen LogP contribution in [0.2, 0.25) is 13.7 Å². The average Bonchev–Trinajstić information content (AvgIpc) is 2.72. The summed E-state index contributed by atoms with van der Waals surface area (Å²) in [5, 5.41) is 13.1. The van der Waals surface area contributed by atoms with Crippen molar-refractivity contribution in [3.05, 3.63) is 49.6 Å². The molecule has 1 N–H and O–H groups in total. The molecule has 0 amide bonds. The Balaban J connectivity index is 2.14. The maximum Gasteiger partial charge on any atom is 0.104 e. The van der Waals surface area contributed by atoms with Crippen LogP contribution in [0.1, 0.15) is 5.56 Å². The number of rotatable bonds is 4. The standard InChI is InChI=1S/C12H8Cl3NOS2/c13-8-3-1-2-4-10(8)18-6-9(16-17)7-5-11(14)19-12(7)15/h1-5,17H,6H2/b16-9+. The van der Waals surface area contributed by atoms with Gasteiger partial charge in [0.25, 0.3) is 0 Å². The van der Waals surface area contributed by atoms with Crippen LogP contribution in [-0.2, 0) is 0 Å². The molecule has 0 fully saturated rings. The van der Waals surface area contributed by atoms with Gasteiger partial charge in [-0.1, -0.05) is 52.1 Å². The van der Waals surface area contributed by atoms with E-state index in [2.05, 4.69) is 5.16 Å². The van der Waals surface area contributed by atoms with E-state index >= 15 is 0 Å². The van der Waals surface area contributed by atoms with Crippen molar-refractivity contribution in [1.82, 2.24) is 0 Å². The number of hydrogen-bond donors (Lipinski definition) is 1. The fourth-order valence-electron chi connectivity index (χ4n) is 1.41. The van der Waals surface area contributed by atoms with Crippen LogP contribution in [0.5, 0.6) is 0 Å². The van der Waals surface area contributed by atoms with Gasteiger partial charge in [-0.3, -0.25) is 0 Å². The molecule has 0 bridgehead atoms. The fourth-order valence-corrected chi connectivity index (χ4v) is 4.10. The summed E-state index contributed by atoms with van der Waals surface area (Å²) in [6.45, 7) is 0. The molecule has 0 saturated heterocycles. The van der Waals surface area contributed by atoms with Crippen LogP contribution < -0.4 is 0 Å². The minimum atomic E-state index is 0.451. The van der Waals surface area contributed by atoms with Crippen LogP contribution in [0.4, 0.5) is 0 Å². The molecular formula is C12H8Cl3NOS2. The molecule has 0 saturated carbocycles. The highest BCUT2D eigenvalue weighted by Gasteiger charge is 2.14. The van der Waals surface area contributed by atoms with Gasteiger partial charge in [-0.2, -0.15) is 0 Å². The summed E-state index contributed by atoms with van der Waals surface area (Å²) in [6.07, 6.45) is 0. The van der Waals surface area contributed by atoms with Crippen LogP contribution >= 0.6 is 57.9 Å². The lowest BCUT2D eigenvalue weighted by atomic mass is 10.2. The Labute approximate surface area is 134 Å². The predicted molar refractivity (Wildman–Crippen MR) is 84.8 cm³/mol. The number of nitrogens with zero attached hydrogens (tertiary/aromatic N) is 1. The highest BCUT2D eigenvalue weighted by Crippen LogP contribution is 2.33. The zero-order valence-electron chi connectivity index (χ0n) is 9.44. The molecule has 0 aliphatic carbocycles. The van der Waals surface area contributed by atoms with Crippen molar-refractivity contribution >= 4 is 63.6 Å². The Morgan fingerprint density at radius 1 is 1.26 bits per heavy atom. The first-order valence-electron chi connectivity index (χ1n) is 5.15. The molecule has 7 heteroatoms. The Morgan fingerprint density at radius 2 is 2.00 bits per heavy atom. The molecule has 0 aliphatic heterocycles. The molecule has 0 radical (unpaired) electrons. The smallest absolute Gasteiger partial charge is 0.104 e. The molecule has 0 unspecified atom stereocenters. The fraction of sp³-hybridized carbons (Fsp3) is 0.0833. The van der Waals surface area contributed by atoms with Gasteiger partial charge in [-0.15, -0.1) is 23.1 Å². The Morgan fingerprint density at radius 3 is 2.58 bits per heavy atom. The second-order valence-electron chi connectivity index (χ2n) is 3.50. The quantitative estimate of drug-likeness (QED) is 0.332. The van der Waals surface area contributed by atoms with E-state index in [1.165, 1.54) is 23.1 Å². The first-order chi connectivity index (χ1) is 9.11. The van der Waals surface area contributed by atoms with Crippen LogP contribution in [0.25, 0.3) is 0 Å². The zero-order valence-corrected chi connectivity index (χ0v) is 13.3. The number of hydrogen-bond acceptors (Lipinski definition) is 4. The molecular weight excluding hydrogens is 345 g/mol. The van der Waals surface area contributed by atoms with Crippen molar-refractivity contribution in [2.75, 3.05) is 5.75 Å². The van der Waals surface area contributed by atoms with Gasteiger partial charge in [0.2, 0.25) is 0 Å². The Bertz CT molecular complexity index is 613. The third-order valence-corrected chi connectivity index (χ3v) is 5.30. The first kappa shape index (κ1) is 15.0. The minimum Gasteiger partial charge on any atom is -0.411 e. The van der Waals surface area contributed by atoms with E-state index in [0.29, 0.717) is 30.7 Å². The summed E-state index contributed by atoms with van der Waals surface area (Å²) < 4.78 is 1.07. The molecule has 0 atom stereocenters. The van der Waals surface area contributed by atoms with Gasteiger partial charge in [-0.25, -0.2) is 0 Å². The molecule has 2 nitrogen and oxygen atoms in total. The normalized spacial score (nSPS) is 11.8. The number of thiophene rings is 1. The molecule has 2 aromatic rings. The number of halogens is 3. The maximum atomic E-state index is 9.11. The van der Waals surface area contributed by atoms with E-state index in [-0.39, 0.29) is 0 Å². The van der Waals surface area contributed by atoms with Crippen molar-refractivity contribution in [1.29, 1.82) is 0 Å². The predicted octanol–water partition coefficient (Wildman–Crippen LogP) is 5.68. The summed E-state index contributed by atoms with van der Waals surface area (Å²) >= 11 is 20.7. The Hall–Kier alpha value is -0.390. The number of thioether (sulfide) groups is 1. The van der Waals surface area contributed by atoms with Gasteiger partial charge in [0, 0.05) is 16.2 Å². The average molecular weight is 353 g/mol. The monoisotopic (exact) mass is 351 g/mol. The van der Waals surface area contributed by atoms with Gasteiger partial charge >= 0.3 is 0 Å². The lowest BCUT2D eigenvalue weighted by molar-refractivity contribution is 0.319. The minimum absolute atomic E-state index is 0.451. The number of benzene rings is 1. The SMILES string of the molecule is O/N=C(\CSc1ccccc1Cl)c1cc(Cl)sc1Cl. The van der Waals surface area contributed by atoms with Crippen molar-refractivity contribution in [2.24, 2.45) is 5.16 Å². The van der Waals surface area contributed by atoms with E-state index in [9.17, 15) is 0 Å². The highest BCUT2D eigenvalue weighted by atomic mass is 35.5. The first-order valence-corrected chi connectivity index (χ1v) is 8.09. The molecule has 0 spiro atoms. The van der Waals surface area contributed by atoms with Gasteiger partial charge in [0.1, 0.15) is 4.34 Å². The van der Waals surface area contributed by atoms with Crippen molar-refractivity contribution in [3.63, 3.8) is 0 Å². The Kier molecular flexibility index (Phi) is 5.42. The molecule has 0 aliphatic rings. The van der Waals surface area contributed by atoms with Crippen LogP contribution in [0.3, 0.4) is 0 Å². The van der Waals surface area contributed by atoms with Gasteiger partial charge in [0.15, 0.2) is 0 Å². The van der Waals surface area contributed by atoms with Crippen LogP contribution in [0.15, 0.2) is 40.4 Å². The molecule has 100 valence electrons. The molecule has 1 aromatic heterocycles. The lowest BCUT2D eigenvalue weighted by Gasteiger charge is -2.05. The highest BCUT2D eigenvalue weighted by molar-refractivity contribution is 8.00. The summed E-state index contributed by atoms with van der Waals surface area (Å²) in [5.41, 5.74) is 1.12. The third kappa shape index (κ3) is 3.80. The topological polar surface area (TPSA) is 32.6 Å². The molecule has 19 heavy (non-hydrogen) atoms. The molecule has 1 heterocycles. The summed E-state index contributed by atoms with van der Waals surface area (Å²) in [5.74, 6) is 0.451. The van der Waals surface area contributed by atoms with Crippen molar-refractivity contribution in [3.8, 4) is 0 Å². The lowest BCUT2D eigenvalue weighted by Crippen LogP contribution is -2.03. The summed E-state index contributed by atoms with van der Waals surface area (Å²) in [7, 11) is 0. The van der Waals surface area contributed by atoms with Gasteiger partial charge < -0.3 is 5.21 Å². The summed E-state index contributed by atoms with van der Waals surface area (Å²) in [4.78, 5) is 0.919. The van der Waals surface area contributed by atoms with Crippen LogP contribution in [-0.4, -0.2) is 16.7 Å². The zero-order chi connectivity index (χ0) is 13.8. The molecule has 1 aromatic carbocycles. The second-order valence-corrected chi connectivity index (χ2v) is 7.21. The van der Waals surface area contributed by atoms with Crippen molar-refractivity contribution in [2.45, 2.75) is 4.90 Å². The van der Waals surface area contributed by atoms with Gasteiger partial charge in [-0.05, 0) is 18.2 Å².